The molecule has 0 spiro atoms. The van der Waals surface area contributed by atoms with E-state index < -0.39 is 0 Å². The van der Waals surface area contributed by atoms with Crippen molar-refractivity contribution in [2.75, 3.05) is 13.2 Å². The average molecular weight is 321 g/mol. The monoisotopic (exact) mass is 320 g/mol. The molecule has 0 unspecified atom stereocenters. The lowest BCUT2D eigenvalue weighted by Crippen LogP contribution is -2.08. The molecule has 4 heteroatoms. The Labute approximate surface area is 121 Å². The van der Waals surface area contributed by atoms with Crippen LogP contribution in [0.3, 0.4) is 0 Å². The fourth-order valence-electron chi connectivity index (χ4n) is 1.87. The van der Waals surface area contributed by atoms with Gasteiger partial charge >= 0.3 is 0 Å². The maximum Gasteiger partial charge on any atom is 0.136 e. The van der Waals surface area contributed by atoms with E-state index in [9.17, 15) is 0 Å². The summed E-state index contributed by atoms with van der Waals surface area (Å²) >= 11 is 3.52. The smallest absolute Gasteiger partial charge is 0.136 e. The van der Waals surface area contributed by atoms with Gasteiger partial charge in [0, 0.05) is 18.3 Å². The van der Waals surface area contributed by atoms with Crippen molar-refractivity contribution < 1.29 is 4.74 Å². The Kier molecular flexibility index (Phi) is 5.36. The number of pyridine rings is 1. The second-order valence-corrected chi connectivity index (χ2v) is 5.04. The van der Waals surface area contributed by atoms with E-state index in [2.05, 4.69) is 20.9 Å². The van der Waals surface area contributed by atoms with Crippen molar-refractivity contribution in [1.82, 2.24) is 4.98 Å². The van der Waals surface area contributed by atoms with Crippen molar-refractivity contribution in [3.8, 4) is 5.75 Å². The Hall–Kier alpha value is -1.39. The second kappa shape index (κ2) is 7.26. The molecule has 2 N–H and O–H groups in total. The van der Waals surface area contributed by atoms with Gasteiger partial charge in [0.2, 0.25) is 0 Å². The van der Waals surface area contributed by atoms with Crippen LogP contribution in [0.4, 0.5) is 0 Å². The molecular formula is C15H17BrN2O. The van der Waals surface area contributed by atoms with Crippen molar-refractivity contribution in [1.29, 1.82) is 0 Å². The molecule has 1 heterocycles. The zero-order chi connectivity index (χ0) is 13.5. The van der Waals surface area contributed by atoms with Crippen LogP contribution in [0.25, 0.3) is 0 Å². The van der Waals surface area contributed by atoms with Gasteiger partial charge in [-0.25, -0.2) is 0 Å². The molecule has 0 amide bonds. The van der Waals surface area contributed by atoms with Crippen LogP contribution in [0, 0.1) is 0 Å². The molecule has 0 bridgehead atoms. The number of benzene rings is 1. The average Bonchev–Trinajstić information content (AvgIpc) is 2.43. The van der Waals surface area contributed by atoms with E-state index in [4.69, 9.17) is 10.5 Å². The van der Waals surface area contributed by atoms with Crippen LogP contribution in [-0.2, 0) is 12.8 Å². The van der Waals surface area contributed by atoms with Gasteiger partial charge in [0.15, 0.2) is 0 Å². The molecular weight excluding hydrogens is 304 g/mol. The van der Waals surface area contributed by atoms with Crippen LogP contribution in [0.1, 0.15) is 11.3 Å². The van der Waals surface area contributed by atoms with Gasteiger partial charge in [-0.15, -0.1) is 0 Å². The summed E-state index contributed by atoms with van der Waals surface area (Å²) in [4.78, 5) is 4.28. The third-order valence-corrected chi connectivity index (χ3v) is 3.42. The number of hydrogen-bond donors (Lipinski definition) is 1. The zero-order valence-electron chi connectivity index (χ0n) is 10.7. The maximum absolute atomic E-state index is 5.88. The summed E-state index contributed by atoms with van der Waals surface area (Å²) in [6, 6.07) is 11.9. The van der Waals surface area contributed by atoms with Crippen LogP contribution >= 0.6 is 15.9 Å². The van der Waals surface area contributed by atoms with Gasteiger partial charge in [-0.1, -0.05) is 18.2 Å². The number of nitrogens with two attached hydrogens (primary N) is 1. The Morgan fingerprint density at radius 2 is 2.00 bits per heavy atom. The quantitative estimate of drug-likeness (QED) is 0.890. The number of para-hydroxylation sites is 1. The summed E-state index contributed by atoms with van der Waals surface area (Å²) in [7, 11) is 0. The Morgan fingerprint density at radius 3 is 2.74 bits per heavy atom. The lowest BCUT2D eigenvalue weighted by atomic mass is 10.1. The van der Waals surface area contributed by atoms with Crippen molar-refractivity contribution in [3.63, 3.8) is 0 Å². The fourth-order valence-corrected chi connectivity index (χ4v) is 2.39. The third-order valence-electron chi connectivity index (χ3n) is 2.79. The second-order valence-electron chi connectivity index (χ2n) is 4.19. The van der Waals surface area contributed by atoms with Crippen LogP contribution in [0.5, 0.6) is 5.75 Å². The predicted molar refractivity (Wildman–Crippen MR) is 80.3 cm³/mol. The Bertz CT molecular complexity index is 517. The molecule has 0 saturated heterocycles. The molecule has 0 fully saturated rings. The minimum Gasteiger partial charge on any atom is -0.492 e. The SMILES string of the molecule is NCCc1cccc(Br)c1OCCc1ccccn1. The standard InChI is InChI=1S/C15H17BrN2O/c16-14-6-3-4-12(7-9-17)15(14)19-11-8-13-5-1-2-10-18-13/h1-6,10H,7-9,11,17H2. The summed E-state index contributed by atoms with van der Waals surface area (Å²) < 4.78 is 6.85. The molecule has 2 aromatic rings. The van der Waals surface area contributed by atoms with Crippen LogP contribution in [0.2, 0.25) is 0 Å². The van der Waals surface area contributed by atoms with Gasteiger partial charge < -0.3 is 10.5 Å². The minimum absolute atomic E-state index is 0.608. The maximum atomic E-state index is 5.88. The van der Waals surface area contributed by atoms with E-state index >= 15 is 0 Å². The van der Waals surface area contributed by atoms with E-state index in [0.717, 1.165) is 34.3 Å². The molecule has 0 radical (unpaired) electrons. The molecule has 0 aliphatic carbocycles. The van der Waals surface area contributed by atoms with E-state index in [1.54, 1.807) is 6.20 Å². The van der Waals surface area contributed by atoms with Crippen molar-refractivity contribution in [3.05, 3.63) is 58.3 Å². The molecule has 0 aliphatic rings. The highest BCUT2D eigenvalue weighted by Crippen LogP contribution is 2.29. The Balaban J connectivity index is 1.99. The van der Waals surface area contributed by atoms with E-state index in [0.29, 0.717) is 13.2 Å². The summed E-state index contributed by atoms with van der Waals surface area (Å²) in [5.41, 5.74) is 7.79. The lowest BCUT2D eigenvalue weighted by Gasteiger charge is -2.12. The summed E-state index contributed by atoms with van der Waals surface area (Å²) in [6.45, 7) is 1.23. The molecule has 0 atom stereocenters. The van der Waals surface area contributed by atoms with E-state index in [1.165, 1.54) is 0 Å². The lowest BCUT2D eigenvalue weighted by molar-refractivity contribution is 0.315. The van der Waals surface area contributed by atoms with Gasteiger partial charge in [-0.2, -0.15) is 0 Å². The molecule has 2 rings (SSSR count). The summed E-state index contributed by atoms with van der Waals surface area (Å²) in [5, 5.41) is 0. The van der Waals surface area contributed by atoms with Crippen LogP contribution < -0.4 is 10.5 Å². The van der Waals surface area contributed by atoms with Gasteiger partial charge in [0.1, 0.15) is 5.75 Å². The first-order valence-electron chi connectivity index (χ1n) is 6.31. The van der Waals surface area contributed by atoms with Gasteiger partial charge in [-0.3, -0.25) is 4.98 Å². The highest BCUT2D eigenvalue weighted by atomic mass is 79.9. The molecule has 19 heavy (non-hydrogen) atoms. The van der Waals surface area contributed by atoms with E-state index in [1.807, 2.05) is 36.4 Å². The largest absolute Gasteiger partial charge is 0.492 e. The fraction of sp³-hybridized carbons (Fsp3) is 0.267. The van der Waals surface area contributed by atoms with Crippen LogP contribution in [-0.4, -0.2) is 18.1 Å². The normalized spacial score (nSPS) is 10.4. The van der Waals surface area contributed by atoms with Gasteiger partial charge in [0.25, 0.3) is 0 Å². The number of ether oxygens (including phenoxy) is 1. The van der Waals surface area contributed by atoms with E-state index in [-0.39, 0.29) is 0 Å². The Morgan fingerprint density at radius 1 is 1.11 bits per heavy atom. The van der Waals surface area contributed by atoms with Crippen LogP contribution in [0.15, 0.2) is 47.1 Å². The molecule has 100 valence electrons. The first-order chi connectivity index (χ1) is 9.31. The minimum atomic E-state index is 0.608. The first kappa shape index (κ1) is 14.0. The molecule has 0 saturated carbocycles. The van der Waals surface area contributed by atoms with Crippen molar-refractivity contribution in [2.45, 2.75) is 12.8 Å². The van der Waals surface area contributed by atoms with Gasteiger partial charge in [0.05, 0.1) is 11.1 Å². The number of aromatic nitrogens is 1. The van der Waals surface area contributed by atoms with Crippen molar-refractivity contribution >= 4 is 15.9 Å². The number of nitrogens with zero attached hydrogens (tertiary/aromatic N) is 1. The van der Waals surface area contributed by atoms with Gasteiger partial charge in [-0.05, 0) is 52.7 Å². The summed E-state index contributed by atoms with van der Waals surface area (Å²) in [5.74, 6) is 0.892. The molecule has 0 aliphatic heterocycles. The first-order valence-corrected chi connectivity index (χ1v) is 7.10. The zero-order valence-corrected chi connectivity index (χ0v) is 12.3. The predicted octanol–water partition coefficient (Wildman–Crippen LogP) is 2.97. The number of hydrogen-bond acceptors (Lipinski definition) is 3. The van der Waals surface area contributed by atoms with Crippen molar-refractivity contribution in [2.24, 2.45) is 5.73 Å². The number of rotatable bonds is 6. The highest BCUT2D eigenvalue weighted by molar-refractivity contribution is 9.10. The molecule has 1 aromatic heterocycles. The topological polar surface area (TPSA) is 48.1 Å². The summed E-state index contributed by atoms with van der Waals surface area (Å²) in [6.07, 6.45) is 3.41. The number of halogens is 1. The highest BCUT2D eigenvalue weighted by Gasteiger charge is 2.07. The molecule has 3 nitrogen and oxygen atoms in total. The molecule has 1 aromatic carbocycles. The third kappa shape index (κ3) is 4.04.